The van der Waals surface area contributed by atoms with Crippen LogP contribution in [0.1, 0.15) is 42.0 Å². The van der Waals surface area contributed by atoms with Crippen molar-refractivity contribution in [2.45, 2.75) is 32.1 Å². The number of carbonyl (C=O) groups is 1. The highest BCUT2D eigenvalue weighted by molar-refractivity contribution is 6.01. The van der Waals surface area contributed by atoms with Gasteiger partial charge in [-0.05, 0) is 25.8 Å². The Morgan fingerprint density at radius 1 is 1.07 bits per heavy atom. The second kappa shape index (κ2) is 6.64. The standard InChI is InChI=1S/C20H22N2O5/c1-10-17-18(11-8-15(25-3)16(26-4)9-14(11)24-2)19-12(6-5-7-13(19)23)21-20(17)27-22-10/h8-9,18,21H,5-7H2,1-4H3/t18-/m1/s1. The maximum absolute atomic E-state index is 12.9. The lowest BCUT2D eigenvalue weighted by Crippen LogP contribution is -2.27. The molecule has 1 aliphatic heterocycles. The summed E-state index contributed by atoms with van der Waals surface area (Å²) in [5.74, 6) is 2.16. The first-order chi connectivity index (χ1) is 13.1. The molecular formula is C20H22N2O5. The van der Waals surface area contributed by atoms with Gasteiger partial charge in [0.05, 0.1) is 38.5 Å². The number of hydrogen-bond donors (Lipinski definition) is 1. The fourth-order valence-electron chi connectivity index (χ4n) is 4.01. The van der Waals surface area contributed by atoms with Crippen LogP contribution in [0.3, 0.4) is 0 Å². The number of fused-ring (bicyclic) bond motifs is 1. The average molecular weight is 370 g/mol. The molecule has 1 atom stereocenters. The SMILES string of the molecule is COc1cc(OC)c([C@H]2C3=C(CCCC3=O)Nc3onc(C)c32)cc1OC. The van der Waals surface area contributed by atoms with Crippen LogP contribution in [0.2, 0.25) is 0 Å². The van der Waals surface area contributed by atoms with E-state index in [9.17, 15) is 4.79 Å². The number of anilines is 1. The number of methoxy groups -OCH3 is 3. The second-order valence-electron chi connectivity index (χ2n) is 6.69. The zero-order valence-corrected chi connectivity index (χ0v) is 15.8. The molecule has 1 aliphatic carbocycles. The van der Waals surface area contributed by atoms with E-state index in [1.807, 2.05) is 13.0 Å². The van der Waals surface area contributed by atoms with Crippen LogP contribution in [0.4, 0.5) is 5.88 Å². The number of aromatic nitrogens is 1. The van der Waals surface area contributed by atoms with Crippen LogP contribution in [0.5, 0.6) is 17.2 Å². The van der Waals surface area contributed by atoms with E-state index in [0.29, 0.717) is 29.6 Å². The third-order valence-corrected chi connectivity index (χ3v) is 5.25. The molecule has 0 unspecified atom stereocenters. The fraction of sp³-hybridized carbons (Fsp3) is 0.400. The third-order valence-electron chi connectivity index (χ3n) is 5.25. The quantitative estimate of drug-likeness (QED) is 0.881. The molecule has 1 aromatic heterocycles. The summed E-state index contributed by atoms with van der Waals surface area (Å²) in [6.45, 7) is 1.88. The Bertz CT molecular complexity index is 944. The van der Waals surface area contributed by atoms with Crippen molar-refractivity contribution >= 4 is 11.7 Å². The van der Waals surface area contributed by atoms with E-state index < -0.39 is 0 Å². The molecule has 2 heterocycles. The summed E-state index contributed by atoms with van der Waals surface area (Å²) in [4.78, 5) is 12.9. The fourth-order valence-corrected chi connectivity index (χ4v) is 4.01. The highest BCUT2D eigenvalue weighted by atomic mass is 16.5. The van der Waals surface area contributed by atoms with Crippen LogP contribution in [0.25, 0.3) is 0 Å². The molecule has 0 amide bonds. The van der Waals surface area contributed by atoms with E-state index in [2.05, 4.69) is 10.5 Å². The number of nitrogens with one attached hydrogen (secondary N) is 1. The second-order valence-corrected chi connectivity index (χ2v) is 6.69. The molecule has 1 N–H and O–H groups in total. The first-order valence-electron chi connectivity index (χ1n) is 8.88. The number of allylic oxidation sites excluding steroid dienone is 2. The Morgan fingerprint density at radius 3 is 2.48 bits per heavy atom. The molecule has 0 saturated heterocycles. The lowest BCUT2D eigenvalue weighted by atomic mass is 9.76. The number of Topliss-reactive ketones (excluding diaryl/α,β-unsaturated/α-hetero) is 1. The molecule has 142 valence electrons. The van der Waals surface area contributed by atoms with Crippen molar-refractivity contribution in [1.82, 2.24) is 5.16 Å². The van der Waals surface area contributed by atoms with Gasteiger partial charge in [-0.25, -0.2) is 0 Å². The van der Waals surface area contributed by atoms with Gasteiger partial charge in [0.25, 0.3) is 0 Å². The highest BCUT2D eigenvalue weighted by Gasteiger charge is 2.40. The molecule has 1 aromatic carbocycles. The minimum atomic E-state index is -0.329. The van der Waals surface area contributed by atoms with Gasteiger partial charge in [0.2, 0.25) is 5.88 Å². The minimum Gasteiger partial charge on any atom is -0.496 e. The summed E-state index contributed by atoms with van der Waals surface area (Å²) in [5.41, 5.74) is 4.08. The predicted molar refractivity (Wildman–Crippen MR) is 98.7 cm³/mol. The van der Waals surface area contributed by atoms with E-state index in [1.165, 1.54) is 0 Å². The maximum Gasteiger partial charge on any atom is 0.233 e. The number of ether oxygens (including phenoxy) is 3. The Hall–Kier alpha value is -2.96. The number of aryl methyl sites for hydroxylation is 1. The molecule has 0 spiro atoms. The summed E-state index contributed by atoms with van der Waals surface area (Å²) in [6, 6.07) is 3.66. The van der Waals surface area contributed by atoms with Gasteiger partial charge < -0.3 is 24.1 Å². The van der Waals surface area contributed by atoms with Crippen LogP contribution >= 0.6 is 0 Å². The Kier molecular flexibility index (Phi) is 4.30. The first-order valence-corrected chi connectivity index (χ1v) is 8.88. The van der Waals surface area contributed by atoms with Gasteiger partial charge in [-0.1, -0.05) is 5.16 Å². The van der Waals surface area contributed by atoms with E-state index in [1.54, 1.807) is 27.4 Å². The van der Waals surface area contributed by atoms with Crippen molar-refractivity contribution in [2.75, 3.05) is 26.6 Å². The lowest BCUT2D eigenvalue weighted by molar-refractivity contribution is -0.116. The Morgan fingerprint density at radius 2 is 1.78 bits per heavy atom. The number of nitrogens with zero attached hydrogens (tertiary/aromatic N) is 1. The van der Waals surface area contributed by atoms with Crippen molar-refractivity contribution in [2.24, 2.45) is 0 Å². The van der Waals surface area contributed by atoms with Gasteiger partial charge in [-0.3, -0.25) is 4.79 Å². The Labute approximate surface area is 157 Å². The highest BCUT2D eigenvalue weighted by Crippen LogP contribution is 2.50. The first kappa shape index (κ1) is 17.5. The van der Waals surface area contributed by atoms with Gasteiger partial charge >= 0.3 is 0 Å². The van der Waals surface area contributed by atoms with Gasteiger partial charge in [0, 0.05) is 29.3 Å². The van der Waals surface area contributed by atoms with E-state index in [0.717, 1.165) is 40.9 Å². The molecule has 0 fully saturated rings. The molecular weight excluding hydrogens is 348 g/mol. The summed E-state index contributed by atoms with van der Waals surface area (Å²) in [5, 5.41) is 7.39. The molecule has 0 bridgehead atoms. The van der Waals surface area contributed by atoms with Crippen LogP contribution < -0.4 is 19.5 Å². The topological polar surface area (TPSA) is 82.8 Å². The van der Waals surface area contributed by atoms with Crippen LogP contribution in [0, 0.1) is 6.92 Å². The molecule has 7 nitrogen and oxygen atoms in total. The summed E-state index contributed by atoms with van der Waals surface area (Å²) >= 11 is 0. The lowest BCUT2D eigenvalue weighted by Gasteiger charge is -2.32. The molecule has 0 saturated carbocycles. The number of rotatable bonds is 4. The van der Waals surface area contributed by atoms with Gasteiger partial charge in [-0.15, -0.1) is 0 Å². The third kappa shape index (κ3) is 2.65. The molecule has 7 heteroatoms. The summed E-state index contributed by atoms with van der Waals surface area (Å²) in [6.07, 6.45) is 2.15. The van der Waals surface area contributed by atoms with Crippen molar-refractivity contribution in [3.63, 3.8) is 0 Å². The van der Waals surface area contributed by atoms with Crippen molar-refractivity contribution in [1.29, 1.82) is 0 Å². The number of hydrogen-bond acceptors (Lipinski definition) is 7. The zero-order chi connectivity index (χ0) is 19.1. The van der Waals surface area contributed by atoms with Crippen LogP contribution in [-0.4, -0.2) is 32.3 Å². The van der Waals surface area contributed by atoms with E-state index >= 15 is 0 Å². The monoisotopic (exact) mass is 370 g/mol. The van der Waals surface area contributed by atoms with E-state index in [-0.39, 0.29) is 11.7 Å². The van der Waals surface area contributed by atoms with Crippen LogP contribution in [-0.2, 0) is 4.79 Å². The summed E-state index contributed by atoms with van der Waals surface area (Å²) < 4.78 is 22.0. The van der Waals surface area contributed by atoms with Gasteiger partial charge in [-0.2, -0.15) is 0 Å². The Balaban J connectivity index is 1.99. The molecule has 2 aromatic rings. The van der Waals surface area contributed by atoms with E-state index in [4.69, 9.17) is 18.7 Å². The molecule has 4 rings (SSSR count). The number of benzene rings is 1. The normalized spacial score (nSPS) is 18.5. The predicted octanol–water partition coefficient (Wildman–Crippen LogP) is 3.57. The van der Waals surface area contributed by atoms with Crippen LogP contribution in [0.15, 0.2) is 27.9 Å². The molecule has 0 radical (unpaired) electrons. The van der Waals surface area contributed by atoms with Crippen molar-refractivity contribution in [3.05, 3.63) is 40.2 Å². The van der Waals surface area contributed by atoms with Crippen molar-refractivity contribution < 1.29 is 23.5 Å². The van der Waals surface area contributed by atoms with Crippen molar-refractivity contribution in [3.8, 4) is 17.2 Å². The average Bonchev–Trinajstić information content (AvgIpc) is 3.06. The molecule has 2 aliphatic rings. The maximum atomic E-state index is 12.9. The minimum absolute atomic E-state index is 0.136. The smallest absolute Gasteiger partial charge is 0.233 e. The zero-order valence-electron chi connectivity index (χ0n) is 15.8. The largest absolute Gasteiger partial charge is 0.496 e. The van der Waals surface area contributed by atoms with Gasteiger partial charge in [0.15, 0.2) is 17.3 Å². The van der Waals surface area contributed by atoms with Gasteiger partial charge in [0.1, 0.15) is 5.75 Å². The number of ketones is 1. The molecule has 27 heavy (non-hydrogen) atoms. The number of carbonyl (C=O) groups excluding carboxylic acids is 1. The summed E-state index contributed by atoms with van der Waals surface area (Å²) in [7, 11) is 4.77.